The van der Waals surface area contributed by atoms with Crippen LogP contribution in [0.15, 0.2) is 72.9 Å². The van der Waals surface area contributed by atoms with E-state index in [1.807, 2.05) is 53.3 Å². The average Bonchev–Trinajstić information content (AvgIpc) is 3.82. The van der Waals surface area contributed by atoms with Crippen molar-refractivity contribution in [3.05, 3.63) is 95.3 Å². The highest BCUT2D eigenvalue weighted by atomic mass is 28.4. The summed E-state index contributed by atoms with van der Waals surface area (Å²) in [5.74, 6) is 2.76. The smallest absolute Gasteiger partial charge is 0.320 e. The number of urea groups is 1. The van der Waals surface area contributed by atoms with E-state index in [1.54, 1.807) is 0 Å². The van der Waals surface area contributed by atoms with E-state index in [2.05, 4.69) is 131 Å². The SMILES string of the molecule is Cc1ccc(-n2nc(C(C)(C)C)cc2NC(=O)N[C@H]2CC[C@@H](Oc3ccc4nnc(N5CCC(C(C)O[Si](C(C)C)(C(C)C)C(C)C)CC5)n4c3)c3ccccc32)cc1. The van der Waals surface area contributed by atoms with Gasteiger partial charge >= 0.3 is 6.03 Å². The van der Waals surface area contributed by atoms with Crippen molar-refractivity contribution in [2.24, 2.45) is 5.92 Å². The minimum atomic E-state index is -1.95. The molecule has 5 aromatic rings. The summed E-state index contributed by atoms with van der Waals surface area (Å²) in [5, 5.41) is 20.5. The van der Waals surface area contributed by atoms with Crippen LogP contribution in [0.1, 0.15) is 129 Å². The van der Waals surface area contributed by atoms with Gasteiger partial charge in [-0.2, -0.15) is 5.10 Å². The first-order valence-corrected chi connectivity index (χ1v) is 24.0. The Balaban J connectivity index is 1.02. The van der Waals surface area contributed by atoms with E-state index in [-0.39, 0.29) is 29.7 Å². The van der Waals surface area contributed by atoms with E-state index in [0.29, 0.717) is 28.4 Å². The van der Waals surface area contributed by atoms with Crippen LogP contribution in [0.3, 0.4) is 0 Å². The van der Waals surface area contributed by atoms with Crippen molar-refractivity contribution in [3.63, 3.8) is 0 Å². The van der Waals surface area contributed by atoms with Crippen LogP contribution < -0.4 is 20.3 Å². The van der Waals surface area contributed by atoms with Crippen LogP contribution in [-0.2, 0) is 9.84 Å². The zero-order valence-electron chi connectivity index (χ0n) is 37.1. The molecule has 2 N–H and O–H groups in total. The summed E-state index contributed by atoms with van der Waals surface area (Å²) in [6, 6.07) is 21.9. The van der Waals surface area contributed by atoms with Crippen LogP contribution in [0.4, 0.5) is 16.6 Å². The number of aromatic nitrogens is 5. The van der Waals surface area contributed by atoms with E-state index in [0.717, 1.165) is 84.2 Å². The summed E-state index contributed by atoms with van der Waals surface area (Å²) >= 11 is 0. The molecule has 1 saturated heterocycles. The van der Waals surface area contributed by atoms with E-state index in [4.69, 9.17) is 14.3 Å². The fraction of sp³-hybridized carbons (Fsp3) is 0.532. The summed E-state index contributed by atoms with van der Waals surface area (Å²) in [5.41, 5.74) is 7.42. The highest BCUT2D eigenvalue weighted by molar-refractivity contribution is 6.77. The van der Waals surface area contributed by atoms with Crippen LogP contribution in [0.5, 0.6) is 5.75 Å². The Morgan fingerprint density at radius 2 is 1.49 bits per heavy atom. The molecule has 3 atom stereocenters. The summed E-state index contributed by atoms with van der Waals surface area (Å²) in [6.45, 7) is 26.8. The van der Waals surface area contributed by atoms with E-state index < -0.39 is 8.32 Å². The van der Waals surface area contributed by atoms with Gasteiger partial charge in [0.2, 0.25) is 14.3 Å². The molecule has 4 heterocycles. The molecule has 316 valence electrons. The van der Waals surface area contributed by atoms with Crippen LogP contribution >= 0.6 is 0 Å². The molecule has 0 bridgehead atoms. The van der Waals surface area contributed by atoms with Crippen LogP contribution in [0, 0.1) is 12.8 Å². The second-order valence-electron chi connectivity index (χ2n) is 18.9. The quantitative estimate of drug-likeness (QED) is 0.121. The summed E-state index contributed by atoms with van der Waals surface area (Å²) in [7, 11) is -1.95. The number of carbonyl (C=O) groups excluding carboxylic acids is 1. The van der Waals surface area contributed by atoms with Crippen molar-refractivity contribution >= 4 is 31.8 Å². The van der Waals surface area contributed by atoms with E-state index in [9.17, 15) is 4.79 Å². The maximum absolute atomic E-state index is 13.7. The lowest BCUT2D eigenvalue weighted by Crippen LogP contribution is -2.51. The van der Waals surface area contributed by atoms with Crippen LogP contribution in [-0.4, -0.2) is 57.9 Å². The molecule has 1 aliphatic carbocycles. The largest absolute Gasteiger partial charge is 0.484 e. The first kappa shape index (κ1) is 42.4. The molecule has 2 aromatic carbocycles. The molecule has 2 aliphatic rings. The van der Waals surface area contributed by atoms with Gasteiger partial charge < -0.3 is 19.4 Å². The van der Waals surface area contributed by atoms with Gasteiger partial charge in [0.25, 0.3) is 0 Å². The molecule has 12 heteroatoms. The number of amides is 2. The Kier molecular flexibility index (Phi) is 12.3. The Bertz CT molecular complexity index is 2190. The molecule has 7 rings (SSSR count). The van der Waals surface area contributed by atoms with Gasteiger partial charge in [0.15, 0.2) is 5.65 Å². The minimum absolute atomic E-state index is 0.169. The number of hydrogen-bond acceptors (Lipinski definition) is 7. The van der Waals surface area contributed by atoms with Crippen molar-refractivity contribution in [1.29, 1.82) is 0 Å². The predicted octanol–water partition coefficient (Wildman–Crippen LogP) is 11.1. The van der Waals surface area contributed by atoms with Gasteiger partial charge in [-0.3, -0.25) is 9.72 Å². The normalized spacial score (nSPS) is 18.4. The highest BCUT2D eigenvalue weighted by Crippen LogP contribution is 2.45. The fourth-order valence-corrected chi connectivity index (χ4v) is 15.4. The second-order valence-corrected chi connectivity index (χ2v) is 24.3. The Morgan fingerprint density at radius 3 is 2.14 bits per heavy atom. The van der Waals surface area contributed by atoms with Gasteiger partial charge in [-0.1, -0.05) is 104 Å². The monoisotopic (exact) mass is 819 g/mol. The molecule has 11 nitrogen and oxygen atoms in total. The van der Waals surface area contributed by atoms with Crippen LogP contribution in [0.2, 0.25) is 16.6 Å². The van der Waals surface area contributed by atoms with Crippen molar-refractivity contribution < 1.29 is 14.0 Å². The molecule has 1 aliphatic heterocycles. The zero-order chi connectivity index (χ0) is 42.2. The number of piperidine rings is 1. The Morgan fingerprint density at radius 1 is 0.831 bits per heavy atom. The standard InChI is InChI=1S/C47H66N8O3Si/c1-30(2)59(31(3)4,32(5)6)58-34(8)35-24-26-53(27-25-35)46-51-50-43-23-20-37(29-54(43)46)57-41-22-21-40(38-14-12-13-15-39(38)41)48-45(56)49-44-28-42(47(9,10)11)52-55(44)36-18-16-33(7)17-19-36/h12-20,23,28-32,34-35,40-41H,21-22,24-27H2,1-11H3,(H2,48,49,56)/t34?,40-,41+/m0/s1. The topological polar surface area (TPSA) is 111 Å². The third kappa shape index (κ3) is 8.80. The number of nitrogens with zero attached hydrogens (tertiary/aromatic N) is 6. The second kappa shape index (κ2) is 17.1. The number of anilines is 2. The van der Waals surface area contributed by atoms with Gasteiger partial charge in [-0.15, -0.1) is 10.2 Å². The third-order valence-corrected chi connectivity index (χ3v) is 19.2. The molecule has 0 radical (unpaired) electrons. The first-order chi connectivity index (χ1) is 28.0. The number of nitrogens with one attached hydrogen (secondary N) is 2. The lowest BCUT2D eigenvalue weighted by molar-refractivity contribution is 0.112. The number of fused-ring (bicyclic) bond motifs is 2. The average molecular weight is 819 g/mol. The zero-order valence-corrected chi connectivity index (χ0v) is 38.1. The number of ether oxygens (including phenoxy) is 1. The molecule has 0 saturated carbocycles. The number of carbonyl (C=O) groups is 1. The maximum atomic E-state index is 13.7. The number of pyridine rings is 1. The molecular formula is C47H66N8O3Si. The molecule has 3 aromatic heterocycles. The van der Waals surface area contributed by atoms with Crippen molar-refractivity contribution in [2.75, 3.05) is 23.3 Å². The summed E-state index contributed by atoms with van der Waals surface area (Å²) < 4.78 is 17.8. The summed E-state index contributed by atoms with van der Waals surface area (Å²) in [4.78, 5) is 16.0. The Hall–Kier alpha value is -4.68. The molecule has 2 amide bonds. The molecule has 59 heavy (non-hydrogen) atoms. The maximum Gasteiger partial charge on any atom is 0.320 e. The van der Waals surface area contributed by atoms with Gasteiger partial charge in [0.1, 0.15) is 17.7 Å². The summed E-state index contributed by atoms with van der Waals surface area (Å²) in [6.07, 6.45) is 5.69. The molecule has 1 unspecified atom stereocenters. The molecule has 0 spiro atoms. The lowest BCUT2D eigenvalue weighted by Gasteiger charge is -2.46. The number of hydrogen-bond donors (Lipinski definition) is 2. The Labute approximate surface area is 352 Å². The minimum Gasteiger partial charge on any atom is -0.484 e. The van der Waals surface area contributed by atoms with Crippen molar-refractivity contribution in [1.82, 2.24) is 29.7 Å². The van der Waals surface area contributed by atoms with Gasteiger partial charge in [0, 0.05) is 30.7 Å². The molecule has 1 fully saturated rings. The van der Waals surface area contributed by atoms with Crippen molar-refractivity contribution in [3.8, 4) is 11.4 Å². The van der Waals surface area contributed by atoms with E-state index >= 15 is 0 Å². The van der Waals surface area contributed by atoms with Gasteiger partial charge in [0.05, 0.1) is 23.6 Å². The van der Waals surface area contributed by atoms with Crippen molar-refractivity contribution in [2.45, 2.75) is 142 Å². The highest BCUT2D eigenvalue weighted by Gasteiger charge is 2.47. The lowest BCUT2D eigenvalue weighted by atomic mass is 9.85. The van der Waals surface area contributed by atoms with Crippen LogP contribution in [0.25, 0.3) is 11.3 Å². The first-order valence-electron chi connectivity index (χ1n) is 21.8. The van der Waals surface area contributed by atoms with E-state index in [1.165, 1.54) is 0 Å². The third-order valence-electron chi connectivity index (χ3n) is 13.0. The number of benzene rings is 2. The van der Waals surface area contributed by atoms with Gasteiger partial charge in [-0.25, -0.2) is 9.48 Å². The predicted molar refractivity (Wildman–Crippen MR) is 240 cm³/mol. The fourth-order valence-electron chi connectivity index (χ4n) is 9.76. The number of rotatable bonds is 12. The van der Waals surface area contributed by atoms with Gasteiger partial charge in [-0.05, 0) is 97.5 Å². The molecular weight excluding hydrogens is 753 g/mol. The number of aryl methyl sites for hydroxylation is 1.